The van der Waals surface area contributed by atoms with Crippen LogP contribution in [0.2, 0.25) is 0 Å². The lowest BCUT2D eigenvalue weighted by Gasteiger charge is -2.06. The molecule has 0 saturated heterocycles. The number of amides is 2. The number of benzene rings is 2. The first-order chi connectivity index (χ1) is 9.19. The lowest BCUT2D eigenvalue weighted by Crippen LogP contribution is -2.11. The number of rotatable bonds is 4. The molecule has 0 bridgehead atoms. The largest absolute Gasteiger partial charge is 0.329 e. The molecular weight excluding hydrogens is 240 g/mol. The van der Waals surface area contributed by atoms with Crippen molar-refractivity contribution >= 4 is 23.7 Å². The average Bonchev–Trinajstić information content (AvgIpc) is 2.42. The summed E-state index contributed by atoms with van der Waals surface area (Å²) in [5.74, 6) is -0.156. The predicted octanol–water partition coefficient (Wildman–Crippen LogP) is 2.82. The number of nitrogens with one attached hydrogen (secondary N) is 2. The van der Waals surface area contributed by atoms with Crippen LogP contribution >= 0.6 is 0 Å². The fourth-order valence-electron chi connectivity index (χ4n) is 1.63. The average molecular weight is 254 g/mol. The number of carbonyl (C=O) groups is 2. The molecule has 0 radical (unpaired) electrons. The molecule has 0 aliphatic heterocycles. The van der Waals surface area contributed by atoms with E-state index in [-0.39, 0.29) is 5.91 Å². The van der Waals surface area contributed by atoms with Crippen LogP contribution in [0.1, 0.15) is 15.9 Å². The normalized spacial score (nSPS) is 9.74. The molecule has 2 amide bonds. The van der Waals surface area contributed by atoms with E-state index in [1.165, 1.54) is 0 Å². The molecule has 2 aromatic rings. The smallest absolute Gasteiger partial charge is 0.255 e. The molecule has 0 fully saturated rings. The van der Waals surface area contributed by atoms with Crippen molar-refractivity contribution < 1.29 is 9.59 Å². The van der Waals surface area contributed by atoms with Gasteiger partial charge in [0.25, 0.3) is 5.91 Å². The van der Waals surface area contributed by atoms with Gasteiger partial charge in [0.1, 0.15) is 0 Å². The first-order valence-electron chi connectivity index (χ1n) is 5.87. The van der Waals surface area contributed by atoms with Crippen LogP contribution in [-0.4, -0.2) is 12.3 Å². The summed E-state index contributed by atoms with van der Waals surface area (Å²) >= 11 is 0. The highest BCUT2D eigenvalue weighted by molar-refractivity contribution is 6.04. The summed E-state index contributed by atoms with van der Waals surface area (Å²) in [7, 11) is 0. The maximum Gasteiger partial charge on any atom is 0.255 e. The van der Waals surface area contributed by atoms with Gasteiger partial charge in [0, 0.05) is 16.9 Å². The molecule has 0 spiro atoms. The van der Waals surface area contributed by atoms with E-state index >= 15 is 0 Å². The molecule has 19 heavy (non-hydrogen) atoms. The van der Waals surface area contributed by atoms with Crippen molar-refractivity contribution in [3.63, 3.8) is 0 Å². The summed E-state index contributed by atoms with van der Waals surface area (Å²) in [6.07, 6.45) is 0.611. The molecule has 0 atom stereocenters. The number of anilines is 2. The van der Waals surface area contributed by atoms with Crippen LogP contribution in [0.5, 0.6) is 0 Å². The zero-order valence-corrected chi connectivity index (χ0v) is 10.5. The summed E-state index contributed by atoms with van der Waals surface area (Å²) < 4.78 is 0. The van der Waals surface area contributed by atoms with E-state index in [0.717, 1.165) is 5.56 Å². The fourth-order valence-corrected chi connectivity index (χ4v) is 1.63. The molecule has 96 valence electrons. The Morgan fingerprint density at radius 3 is 2.11 bits per heavy atom. The standard InChI is InChI=1S/C15H14N2O2/c1-11-2-4-12(5-3-11)15(19)17-14-8-6-13(7-9-14)16-10-18/h2-10H,1H3,(H,16,18)(H,17,19). The molecule has 4 heteroatoms. The van der Waals surface area contributed by atoms with E-state index < -0.39 is 0 Å². The van der Waals surface area contributed by atoms with Crippen molar-refractivity contribution in [2.45, 2.75) is 6.92 Å². The van der Waals surface area contributed by atoms with Crippen molar-refractivity contribution in [3.05, 3.63) is 59.7 Å². The first-order valence-corrected chi connectivity index (χ1v) is 5.87. The molecular formula is C15H14N2O2. The van der Waals surface area contributed by atoms with Gasteiger partial charge >= 0.3 is 0 Å². The number of carbonyl (C=O) groups excluding carboxylic acids is 2. The van der Waals surface area contributed by atoms with Gasteiger partial charge in [-0.3, -0.25) is 9.59 Å². The summed E-state index contributed by atoms with van der Waals surface area (Å²) in [6, 6.07) is 14.3. The minimum Gasteiger partial charge on any atom is -0.329 e. The molecule has 0 heterocycles. The quantitative estimate of drug-likeness (QED) is 0.824. The second-order valence-electron chi connectivity index (χ2n) is 4.16. The van der Waals surface area contributed by atoms with Gasteiger partial charge in [0.15, 0.2) is 0 Å². The zero-order chi connectivity index (χ0) is 13.7. The van der Waals surface area contributed by atoms with Gasteiger partial charge < -0.3 is 10.6 Å². The van der Waals surface area contributed by atoms with Crippen molar-refractivity contribution in [1.82, 2.24) is 0 Å². The third kappa shape index (κ3) is 3.42. The number of hydrogen-bond donors (Lipinski definition) is 2. The van der Waals surface area contributed by atoms with E-state index in [1.807, 2.05) is 19.1 Å². The van der Waals surface area contributed by atoms with Crippen LogP contribution in [-0.2, 0) is 4.79 Å². The second-order valence-corrected chi connectivity index (χ2v) is 4.16. The van der Waals surface area contributed by atoms with Crippen molar-refractivity contribution in [3.8, 4) is 0 Å². The molecule has 0 aliphatic rings. The lowest BCUT2D eigenvalue weighted by atomic mass is 10.1. The maximum absolute atomic E-state index is 12.0. The Morgan fingerprint density at radius 1 is 0.947 bits per heavy atom. The second kappa shape index (κ2) is 5.82. The van der Waals surface area contributed by atoms with Crippen molar-refractivity contribution in [2.75, 3.05) is 10.6 Å². The summed E-state index contributed by atoms with van der Waals surface area (Å²) in [5, 5.41) is 5.32. The van der Waals surface area contributed by atoms with E-state index in [1.54, 1.807) is 36.4 Å². The Morgan fingerprint density at radius 2 is 1.53 bits per heavy atom. The van der Waals surface area contributed by atoms with Crippen molar-refractivity contribution in [2.24, 2.45) is 0 Å². The van der Waals surface area contributed by atoms with E-state index in [2.05, 4.69) is 10.6 Å². The minimum atomic E-state index is -0.156. The van der Waals surface area contributed by atoms with Crippen LogP contribution < -0.4 is 10.6 Å². The topological polar surface area (TPSA) is 58.2 Å². The molecule has 2 N–H and O–H groups in total. The first kappa shape index (κ1) is 12.8. The molecule has 2 rings (SSSR count). The van der Waals surface area contributed by atoms with Crippen LogP contribution in [0.4, 0.5) is 11.4 Å². The highest BCUT2D eigenvalue weighted by atomic mass is 16.1. The van der Waals surface area contributed by atoms with E-state index in [4.69, 9.17) is 0 Å². The van der Waals surface area contributed by atoms with Crippen LogP contribution in [0.15, 0.2) is 48.5 Å². The number of hydrogen-bond acceptors (Lipinski definition) is 2. The minimum absolute atomic E-state index is 0.156. The van der Waals surface area contributed by atoms with Crippen LogP contribution in [0.3, 0.4) is 0 Å². The van der Waals surface area contributed by atoms with Crippen LogP contribution in [0, 0.1) is 6.92 Å². The zero-order valence-electron chi connectivity index (χ0n) is 10.5. The van der Waals surface area contributed by atoms with E-state index in [9.17, 15) is 9.59 Å². The van der Waals surface area contributed by atoms with Gasteiger partial charge in [-0.15, -0.1) is 0 Å². The van der Waals surface area contributed by atoms with Gasteiger partial charge in [0.2, 0.25) is 6.41 Å². The highest BCUT2D eigenvalue weighted by Gasteiger charge is 2.05. The Labute approximate surface area is 111 Å². The monoisotopic (exact) mass is 254 g/mol. The molecule has 0 aliphatic carbocycles. The van der Waals surface area contributed by atoms with Gasteiger partial charge in [-0.1, -0.05) is 17.7 Å². The Bertz CT molecular complexity index is 574. The highest BCUT2D eigenvalue weighted by Crippen LogP contribution is 2.14. The Kier molecular flexibility index (Phi) is 3.93. The molecule has 2 aromatic carbocycles. The van der Waals surface area contributed by atoms with E-state index in [0.29, 0.717) is 23.3 Å². The molecule has 0 aromatic heterocycles. The molecule has 0 unspecified atom stereocenters. The predicted molar refractivity (Wildman–Crippen MR) is 75.3 cm³/mol. The summed E-state index contributed by atoms with van der Waals surface area (Å²) in [5.41, 5.74) is 3.09. The van der Waals surface area contributed by atoms with Gasteiger partial charge in [-0.25, -0.2) is 0 Å². The summed E-state index contributed by atoms with van der Waals surface area (Å²) in [4.78, 5) is 22.2. The molecule has 0 saturated carbocycles. The SMILES string of the molecule is Cc1ccc(C(=O)Nc2ccc(NC=O)cc2)cc1. The van der Waals surface area contributed by atoms with Crippen molar-refractivity contribution in [1.29, 1.82) is 0 Å². The maximum atomic E-state index is 12.0. The molecule has 4 nitrogen and oxygen atoms in total. The third-order valence-electron chi connectivity index (χ3n) is 2.68. The number of aryl methyl sites for hydroxylation is 1. The summed E-state index contributed by atoms with van der Waals surface area (Å²) in [6.45, 7) is 1.97. The third-order valence-corrected chi connectivity index (χ3v) is 2.68. The van der Waals surface area contributed by atoms with Crippen LogP contribution in [0.25, 0.3) is 0 Å². The van der Waals surface area contributed by atoms with Gasteiger partial charge in [-0.2, -0.15) is 0 Å². The van der Waals surface area contributed by atoms with Gasteiger partial charge in [-0.05, 0) is 43.3 Å². The Balaban J connectivity index is 2.06. The van der Waals surface area contributed by atoms with Gasteiger partial charge in [0.05, 0.1) is 0 Å². The lowest BCUT2D eigenvalue weighted by molar-refractivity contribution is -0.105. The fraction of sp³-hybridized carbons (Fsp3) is 0.0667. The Hall–Kier alpha value is -2.62.